The molecule has 2 aromatic carbocycles. The first-order chi connectivity index (χ1) is 12.2. The molecular weight excluding hydrogens is 426 g/mol. The predicted octanol–water partition coefficient (Wildman–Crippen LogP) is 2.97. The summed E-state index contributed by atoms with van der Waals surface area (Å²) in [4.78, 5) is 21.8. The number of non-ortho nitro benzene ring substituents is 1. The van der Waals surface area contributed by atoms with Crippen LogP contribution in [0.3, 0.4) is 0 Å². The van der Waals surface area contributed by atoms with Crippen LogP contribution >= 0.6 is 15.9 Å². The van der Waals surface area contributed by atoms with Gasteiger partial charge in [-0.15, -0.1) is 0 Å². The lowest BCUT2D eigenvalue weighted by molar-refractivity contribution is -0.384. The van der Waals surface area contributed by atoms with E-state index in [1.165, 1.54) is 0 Å². The number of nitro groups is 1. The summed E-state index contributed by atoms with van der Waals surface area (Å²) in [6, 6.07) is 9.84. The van der Waals surface area contributed by atoms with Crippen LogP contribution in [0.1, 0.15) is 12.0 Å². The highest BCUT2D eigenvalue weighted by Crippen LogP contribution is 2.20. The third kappa shape index (κ3) is 5.35. The van der Waals surface area contributed by atoms with E-state index in [1.54, 1.807) is 12.1 Å². The fourth-order valence-corrected chi connectivity index (χ4v) is 3.35. The normalized spacial score (nSPS) is 11.2. The molecule has 0 fully saturated rings. The number of rotatable bonds is 7. The van der Waals surface area contributed by atoms with Gasteiger partial charge in [0.15, 0.2) is 0 Å². The SMILES string of the molecule is Cc1cc(NC(=O)CCNS(=O)(=O)c2ccc([N+](=O)[O-])cc2)ccc1Br. The first kappa shape index (κ1) is 20.0. The van der Waals surface area contributed by atoms with Crippen molar-refractivity contribution in [3.8, 4) is 0 Å². The highest BCUT2D eigenvalue weighted by atomic mass is 79.9. The number of carbonyl (C=O) groups is 1. The van der Waals surface area contributed by atoms with Gasteiger partial charge in [0.2, 0.25) is 15.9 Å². The summed E-state index contributed by atoms with van der Waals surface area (Å²) >= 11 is 3.37. The molecule has 0 aromatic heterocycles. The summed E-state index contributed by atoms with van der Waals surface area (Å²) < 4.78 is 27.5. The van der Waals surface area contributed by atoms with Crippen molar-refractivity contribution in [3.63, 3.8) is 0 Å². The maximum Gasteiger partial charge on any atom is 0.269 e. The van der Waals surface area contributed by atoms with Crippen LogP contribution in [0.5, 0.6) is 0 Å². The number of sulfonamides is 1. The van der Waals surface area contributed by atoms with Crippen LogP contribution in [0, 0.1) is 17.0 Å². The molecule has 138 valence electrons. The summed E-state index contributed by atoms with van der Waals surface area (Å²) in [6.45, 7) is 1.79. The Kier molecular flexibility index (Phi) is 6.46. The summed E-state index contributed by atoms with van der Waals surface area (Å²) in [6.07, 6.45) is -0.0542. The zero-order valence-electron chi connectivity index (χ0n) is 13.7. The molecule has 0 radical (unpaired) electrons. The average Bonchev–Trinajstić information content (AvgIpc) is 2.58. The second kappa shape index (κ2) is 8.39. The Bertz CT molecular complexity index is 929. The van der Waals surface area contributed by atoms with E-state index in [9.17, 15) is 23.3 Å². The molecule has 0 bridgehead atoms. The van der Waals surface area contributed by atoms with E-state index in [0.717, 1.165) is 34.3 Å². The van der Waals surface area contributed by atoms with Crippen molar-refractivity contribution >= 4 is 43.2 Å². The highest BCUT2D eigenvalue weighted by Gasteiger charge is 2.16. The largest absolute Gasteiger partial charge is 0.326 e. The van der Waals surface area contributed by atoms with E-state index in [2.05, 4.69) is 26.0 Å². The molecular formula is C16H16BrN3O5S. The van der Waals surface area contributed by atoms with Crippen LogP contribution in [0.2, 0.25) is 0 Å². The monoisotopic (exact) mass is 441 g/mol. The molecule has 0 aliphatic carbocycles. The van der Waals surface area contributed by atoms with Gasteiger partial charge in [-0.3, -0.25) is 14.9 Å². The van der Waals surface area contributed by atoms with Crippen LogP contribution in [0.4, 0.5) is 11.4 Å². The van der Waals surface area contributed by atoms with Crippen LogP contribution in [0.25, 0.3) is 0 Å². The summed E-state index contributed by atoms with van der Waals surface area (Å²) in [7, 11) is -3.84. The van der Waals surface area contributed by atoms with E-state index in [-0.39, 0.29) is 29.5 Å². The van der Waals surface area contributed by atoms with Crippen molar-refractivity contribution < 1.29 is 18.1 Å². The summed E-state index contributed by atoms with van der Waals surface area (Å²) in [5.41, 5.74) is 1.38. The van der Waals surface area contributed by atoms with Gasteiger partial charge in [0, 0.05) is 35.3 Å². The molecule has 0 aliphatic heterocycles. The quantitative estimate of drug-likeness (QED) is 0.505. The summed E-state index contributed by atoms with van der Waals surface area (Å²) in [5, 5.41) is 13.3. The van der Waals surface area contributed by atoms with Crippen molar-refractivity contribution in [2.75, 3.05) is 11.9 Å². The van der Waals surface area contributed by atoms with Crippen LogP contribution < -0.4 is 10.0 Å². The molecule has 0 aliphatic rings. The Labute approximate surface area is 158 Å². The second-order valence-corrected chi connectivity index (χ2v) is 8.03. The van der Waals surface area contributed by atoms with E-state index in [0.29, 0.717) is 5.69 Å². The van der Waals surface area contributed by atoms with Gasteiger partial charge in [-0.2, -0.15) is 0 Å². The van der Waals surface area contributed by atoms with E-state index in [1.807, 2.05) is 13.0 Å². The Balaban J connectivity index is 1.90. The number of aryl methyl sites for hydroxylation is 1. The van der Waals surface area contributed by atoms with E-state index in [4.69, 9.17) is 0 Å². The molecule has 0 saturated heterocycles. The Hall–Kier alpha value is -2.30. The number of amides is 1. The molecule has 2 rings (SSSR count). The first-order valence-corrected chi connectivity index (χ1v) is 9.77. The Morgan fingerprint density at radius 1 is 1.19 bits per heavy atom. The van der Waals surface area contributed by atoms with Crippen molar-refractivity contribution in [2.45, 2.75) is 18.2 Å². The molecule has 0 saturated carbocycles. The third-order valence-electron chi connectivity index (χ3n) is 3.44. The number of hydrogen-bond donors (Lipinski definition) is 2. The number of hydrogen-bond acceptors (Lipinski definition) is 5. The standard InChI is InChI=1S/C16H16BrN3O5S/c1-11-10-12(2-7-15(11)17)19-16(21)8-9-18-26(24,25)14-5-3-13(4-6-14)20(22)23/h2-7,10,18H,8-9H2,1H3,(H,19,21). The number of anilines is 1. The van der Waals surface area contributed by atoms with Gasteiger partial charge < -0.3 is 5.32 Å². The molecule has 1 amide bonds. The van der Waals surface area contributed by atoms with Crippen molar-refractivity contribution in [2.24, 2.45) is 0 Å². The molecule has 26 heavy (non-hydrogen) atoms. The minimum Gasteiger partial charge on any atom is -0.326 e. The van der Waals surface area contributed by atoms with Gasteiger partial charge in [-0.1, -0.05) is 15.9 Å². The molecule has 8 nitrogen and oxygen atoms in total. The van der Waals surface area contributed by atoms with Crippen molar-refractivity contribution in [3.05, 3.63) is 62.6 Å². The van der Waals surface area contributed by atoms with Crippen molar-refractivity contribution in [1.82, 2.24) is 4.72 Å². The van der Waals surface area contributed by atoms with Gasteiger partial charge in [0.25, 0.3) is 5.69 Å². The number of nitrogens with zero attached hydrogens (tertiary/aromatic N) is 1. The average molecular weight is 442 g/mol. The second-order valence-electron chi connectivity index (χ2n) is 5.41. The lowest BCUT2D eigenvalue weighted by Crippen LogP contribution is -2.27. The fraction of sp³-hybridized carbons (Fsp3) is 0.188. The van der Waals surface area contributed by atoms with Gasteiger partial charge in [0.05, 0.1) is 9.82 Å². The number of benzene rings is 2. The van der Waals surface area contributed by atoms with Crippen LogP contribution in [-0.2, 0) is 14.8 Å². The lowest BCUT2D eigenvalue weighted by atomic mass is 10.2. The molecule has 10 heteroatoms. The smallest absolute Gasteiger partial charge is 0.269 e. The van der Waals surface area contributed by atoms with Crippen LogP contribution in [0.15, 0.2) is 51.8 Å². The van der Waals surface area contributed by atoms with Crippen LogP contribution in [-0.4, -0.2) is 25.8 Å². The lowest BCUT2D eigenvalue weighted by Gasteiger charge is -2.08. The van der Waals surface area contributed by atoms with Gasteiger partial charge in [0.1, 0.15) is 0 Å². The number of nitrogens with one attached hydrogen (secondary N) is 2. The Morgan fingerprint density at radius 2 is 1.85 bits per heavy atom. The molecule has 2 aromatic rings. The minimum atomic E-state index is -3.84. The van der Waals surface area contributed by atoms with Gasteiger partial charge >= 0.3 is 0 Å². The fourth-order valence-electron chi connectivity index (χ4n) is 2.08. The first-order valence-electron chi connectivity index (χ1n) is 7.49. The topological polar surface area (TPSA) is 118 Å². The van der Waals surface area contributed by atoms with Gasteiger partial charge in [-0.25, -0.2) is 13.1 Å². The molecule has 0 unspecified atom stereocenters. The predicted molar refractivity (Wildman–Crippen MR) is 100 cm³/mol. The van der Waals surface area contributed by atoms with E-state index < -0.39 is 14.9 Å². The highest BCUT2D eigenvalue weighted by molar-refractivity contribution is 9.10. The molecule has 0 heterocycles. The van der Waals surface area contributed by atoms with E-state index >= 15 is 0 Å². The third-order valence-corrected chi connectivity index (χ3v) is 5.81. The van der Waals surface area contributed by atoms with Crippen molar-refractivity contribution in [1.29, 1.82) is 0 Å². The van der Waals surface area contributed by atoms with Gasteiger partial charge in [-0.05, 0) is 42.8 Å². The number of halogens is 1. The maximum atomic E-state index is 12.1. The number of nitro benzene ring substituents is 1. The maximum absolute atomic E-state index is 12.1. The zero-order chi connectivity index (χ0) is 19.3. The number of carbonyl (C=O) groups excluding carboxylic acids is 1. The zero-order valence-corrected chi connectivity index (χ0v) is 16.1. The summed E-state index contributed by atoms with van der Waals surface area (Å²) in [5.74, 6) is -0.335. The minimum absolute atomic E-state index is 0.0542. The Morgan fingerprint density at radius 3 is 2.42 bits per heavy atom. The molecule has 0 atom stereocenters. The molecule has 0 spiro atoms. The molecule has 2 N–H and O–H groups in total.